The molecule has 0 heterocycles. The van der Waals surface area contributed by atoms with Gasteiger partial charge in [0, 0.05) is 21.1 Å². The van der Waals surface area contributed by atoms with Crippen LogP contribution in [0.15, 0.2) is 18.2 Å². The predicted octanol–water partition coefficient (Wildman–Crippen LogP) is 2.41. The van der Waals surface area contributed by atoms with E-state index in [1.807, 2.05) is 13.8 Å². The van der Waals surface area contributed by atoms with Crippen molar-refractivity contribution in [3.8, 4) is 0 Å². The average molecular weight is 289 g/mol. The third-order valence-electron chi connectivity index (χ3n) is 2.58. The van der Waals surface area contributed by atoms with Crippen LogP contribution in [0, 0.1) is 0 Å². The van der Waals surface area contributed by atoms with Gasteiger partial charge < -0.3 is 11.1 Å². The molecule has 18 heavy (non-hydrogen) atoms. The van der Waals surface area contributed by atoms with Crippen LogP contribution in [0.25, 0.3) is 0 Å². The van der Waals surface area contributed by atoms with Crippen LogP contribution in [-0.4, -0.2) is 21.1 Å². The van der Waals surface area contributed by atoms with E-state index in [0.29, 0.717) is 16.4 Å². The van der Waals surface area contributed by atoms with Gasteiger partial charge in [0.1, 0.15) is 5.75 Å². The molecule has 0 aliphatic rings. The molecule has 6 heteroatoms. The van der Waals surface area contributed by atoms with Crippen molar-refractivity contribution in [1.29, 1.82) is 0 Å². The van der Waals surface area contributed by atoms with E-state index in [4.69, 9.17) is 17.3 Å². The predicted molar refractivity (Wildman–Crippen MR) is 77.3 cm³/mol. The summed E-state index contributed by atoms with van der Waals surface area (Å²) < 4.78 is 11.7. The van der Waals surface area contributed by atoms with Crippen LogP contribution in [-0.2, 0) is 15.6 Å². The Balaban J connectivity index is 2.62. The lowest BCUT2D eigenvalue weighted by Gasteiger charge is -2.10. The highest BCUT2D eigenvalue weighted by Crippen LogP contribution is 2.22. The number of halogens is 1. The quantitative estimate of drug-likeness (QED) is 0.817. The van der Waals surface area contributed by atoms with Gasteiger partial charge in [-0.3, -0.25) is 9.00 Å². The molecule has 0 spiro atoms. The monoisotopic (exact) mass is 288 g/mol. The van der Waals surface area contributed by atoms with E-state index in [1.165, 1.54) is 0 Å². The first kappa shape index (κ1) is 15.0. The highest BCUT2D eigenvalue weighted by atomic mass is 35.5. The summed E-state index contributed by atoms with van der Waals surface area (Å²) in [5, 5.41) is 3.15. The molecule has 0 fully saturated rings. The number of hydrogen-bond donors (Lipinski definition) is 2. The number of benzene rings is 1. The second kappa shape index (κ2) is 6.75. The smallest absolute Gasteiger partial charge is 0.237 e. The molecule has 1 aromatic rings. The Kier molecular flexibility index (Phi) is 5.62. The minimum Gasteiger partial charge on any atom is -0.397 e. The van der Waals surface area contributed by atoms with E-state index in [1.54, 1.807) is 18.2 Å². The zero-order valence-electron chi connectivity index (χ0n) is 10.4. The third-order valence-corrected chi connectivity index (χ3v) is 4.60. The number of anilines is 2. The fraction of sp³-hybridized carbons (Fsp3) is 0.417. The van der Waals surface area contributed by atoms with Gasteiger partial charge in [-0.05, 0) is 24.6 Å². The van der Waals surface area contributed by atoms with Crippen molar-refractivity contribution >= 4 is 39.7 Å². The Bertz CT molecular complexity index is 465. The molecule has 1 rings (SSSR count). The van der Waals surface area contributed by atoms with E-state index in [-0.39, 0.29) is 16.9 Å². The minimum atomic E-state index is -1.16. The normalized spacial score (nSPS) is 13.9. The Hall–Kier alpha value is -1.07. The van der Waals surface area contributed by atoms with Crippen LogP contribution in [0.5, 0.6) is 0 Å². The summed E-state index contributed by atoms with van der Waals surface area (Å²) >= 11 is 5.76. The molecular formula is C12H17ClN2O2S. The number of carbonyl (C=O) groups excluding carboxylic acids is 1. The number of nitrogens with two attached hydrogens (primary N) is 1. The van der Waals surface area contributed by atoms with E-state index in [9.17, 15) is 9.00 Å². The number of rotatable bonds is 5. The summed E-state index contributed by atoms with van der Waals surface area (Å²) in [7, 11) is -1.16. The number of hydrogen-bond acceptors (Lipinski definition) is 3. The molecule has 0 aromatic heterocycles. The zero-order chi connectivity index (χ0) is 13.7. The maximum atomic E-state index is 11.7. The largest absolute Gasteiger partial charge is 0.397 e. The van der Waals surface area contributed by atoms with E-state index < -0.39 is 10.8 Å². The molecule has 0 aliphatic carbocycles. The van der Waals surface area contributed by atoms with Gasteiger partial charge in [-0.15, -0.1) is 0 Å². The van der Waals surface area contributed by atoms with Gasteiger partial charge in [0.2, 0.25) is 5.91 Å². The van der Waals surface area contributed by atoms with Crippen molar-refractivity contribution in [2.24, 2.45) is 0 Å². The SMILES string of the molecule is CCC(C)S(=O)CC(=O)Nc1ccc(Cl)cc1N. The molecule has 100 valence electrons. The van der Waals surface area contributed by atoms with Crippen molar-refractivity contribution in [2.45, 2.75) is 25.5 Å². The summed E-state index contributed by atoms with van der Waals surface area (Å²) in [6.07, 6.45) is 0.781. The van der Waals surface area contributed by atoms with Crippen LogP contribution in [0.1, 0.15) is 20.3 Å². The Labute approximate surface area is 114 Å². The number of nitrogens with one attached hydrogen (secondary N) is 1. The van der Waals surface area contributed by atoms with E-state index in [2.05, 4.69) is 5.32 Å². The fourth-order valence-electron chi connectivity index (χ4n) is 1.29. The van der Waals surface area contributed by atoms with E-state index >= 15 is 0 Å². The van der Waals surface area contributed by atoms with Crippen molar-refractivity contribution in [2.75, 3.05) is 16.8 Å². The topological polar surface area (TPSA) is 72.2 Å². The summed E-state index contributed by atoms with van der Waals surface area (Å²) in [6.45, 7) is 3.80. The summed E-state index contributed by atoms with van der Waals surface area (Å²) in [5.74, 6) is -0.320. The lowest BCUT2D eigenvalue weighted by molar-refractivity contribution is -0.113. The second-order valence-electron chi connectivity index (χ2n) is 4.02. The molecule has 0 saturated heterocycles. The first-order valence-electron chi connectivity index (χ1n) is 5.66. The number of nitrogen functional groups attached to an aromatic ring is 1. The molecule has 1 amide bonds. The maximum absolute atomic E-state index is 11.7. The molecule has 0 bridgehead atoms. The number of carbonyl (C=O) groups is 1. The molecule has 0 saturated carbocycles. The minimum absolute atomic E-state index is 0.0123. The molecule has 0 radical (unpaired) electrons. The lowest BCUT2D eigenvalue weighted by Crippen LogP contribution is -2.24. The van der Waals surface area contributed by atoms with E-state index in [0.717, 1.165) is 6.42 Å². The highest BCUT2D eigenvalue weighted by molar-refractivity contribution is 7.86. The molecule has 4 nitrogen and oxygen atoms in total. The zero-order valence-corrected chi connectivity index (χ0v) is 12.0. The van der Waals surface area contributed by atoms with Crippen molar-refractivity contribution < 1.29 is 9.00 Å². The Morgan fingerprint density at radius 1 is 1.56 bits per heavy atom. The second-order valence-corrected chi connectivity index (χ2v) is 6.32. The van der Waals surface area contributed by atoms with Crippen LogP contribution in [0.4, 0.5) is 11.4 Å². The summed E-state index contributed by atoms with van der Waals surface area (Å²) in [6, 6.07) is 4.82. The Morgan fingerprint density at radius 2 is 2.22 bits per heavy atom. The van der Waals surface area contributed by atoms with Crippen LogP contribution in [0.3, 0.4) is 0 Å². The van der Waals surface area contributed by atoms with Gasteiger partial charge in [-0.1, -0.05) is 25.4 Å². The van der Waals surface area contributed by atoms with Crippen molar-refractivity contribution in [3.63, 3.8) is 0 Å². The molecule has 3 N–H and O–H groups in total. The molecule has 1 aromatic carbocycles. The molecule has 0 aliphatic heterocycles. The van der Waals surface area contributed by atoms with Gasteiger partial charge in [0.05, 0.1) is 11.4 Å². The average Bonchev–Trinajstić information content (AvgIpc) is 2.31. The third kappa shape index (κ3) is 4.31. The summed E-state index contributed by atoms with van der Waals surface area (Å²) in [4.78, 5) is 11.7. The van der Waals surface area contributed by atoms with Crippen LogP contribution >= 0.6 is 11.6 Å². The first-order valence-corrected chi connectivity index (χ1v) is 7.42. The van der Waals surface area contributed by atoms with Crippen LogP contribution < -0.4 is 11.1 Å². The molecular weight excluding hydrogens is 272 g/mol. The van der Waals surface area contributed by atoms with Crippen molar-refractivity contribution in [1.82, 2.24) is 0 Å². The first-order chi connectivity index (χ1) is 8.43. The maximum Gasteiger partial charge on any atom is 0.237 e. The molecule has 2 unspecified atom stereocenters. The van der Waals surface area contributed by atoms with Gasteiger partial charge in [-0.2, -0.15) is 0 Å². The van der Waals surface area contributed by atoms with Gasteiger partial charge >= 0.3 is 0 Å². The number of amides is 1. The highest BCUT2D eigenvalue weighted by Gasteiger charge is 2.14. The fourth-order valence-corrected chi connectivity index (χ4v) is 2.46. The van der Waals surface area contributed by atoms with Crippen LogP contribution in [0.2, 0.25) is 5.02 Å². The standard InChI is InChI=1S/C12H17ClN2O2S/c1-3-8(2)18(17)7-12(16)15-11-5-4-9(13)6-10(11)14/h4-6,8H,3,7,14H2,1-2H3,(H,15,16). The van der Waals surface area contributed by atoms with Gasteiger partial charge in [0.15, 0.2) is 0 Å². The summed E-state index contributed by atoms with van der Waals surface area (Å²) in [5.41, 5.74) is 6.60. The molecule has 2 atom stereocenters. The van der Waals surface area contributed by atoms with Gasteiger partial charge in [-0.25, -0.2) is 0 Å². The Morgan fingerprint density at radius 3 is 2.78 bits per heavy atom. The lowest BCUT2D eigenvalue weighted by atomic mass is 10.2. The van der Waals surface area contributed by atoms with Gasteiger partial charge in [0.25, 0.3) is 0 Å². The van der Waals surface area contributed by atoms with Crippen molar-refractivity contribution in [3.05, 3.63) is 23.2 Å².